The van der Waals surface area contributed by atoms with Crippen molar-refractivity contribution >= 4 is 39.0 Å². The highest BCUT2D eigenvalue weighted by Crippen LogP contribution is 2.36. The number of amides is 2. The topological polar surface area (TPSA) is 122 Å². The molecule has 1 fully saturated rings. The van der Waals surface area contributed by atoms with Crippen molar-refractivity contribution in [1.82, 2.24) is 4.31 Å². The van der Waals surface area contributed by atoms with E-state index < -0.39 is 22.0 Å². The van der Waals surface area contributed by atoms with Crippen molar-refractivity contribution in [3.05, 3.63) is 47.5 Å². The van der Waals surface area contributed by atoms with E-state index in [-0.39, 0.29) is 29.0 Å². The summed E-state index contributed by atoms with van der Waals surface area (Å²) < 4.78 is 33.9. The van der Waals surface area contributed by atoms with Crippen LogP contribution in [0.25, 0.3) is 0 Å². The third kappa shape index (κ3) is 4.69. The number of ketones is 1. The van der Waals surface area contributed by atoms with Crippen molar-refractivity contribution in [2.24, 2.45) is 5.92 Å². The summed E-state index contributed by atoms with van der Waals surface area (Å²) in [7, 11) is -3.89. The number of carbonyl (C=O) groups excluding carboxylic acids is 3. The van der Waals surface area contributed by atoms with E-state index in [4.69, 9.17) is 4.74 Å². The minimum atomic E-state index is -3.89. The van der Waals surface area contributed by atoms with Crippen LogP contribution in [0.3, 0.4) is 0 Å². The average molecular weight is 486 g/mol. The van der Waals surface area contributed by atoms with E-state index in [1.807, 2.05) is 0 Å². The molecule has 180 valence electrons. The monoisotopic (exact) mass is 485 g/mol. The normalized spacial score (nSPS) is 20.6. The number of fused-ring (bicyclic) bond motifs is 1. The fraction of sp³-hybridized carbons (Fsp3) is 0.375. The summed E-state index contributed by atoms with van der Waals surface area (Å²) >= 11 is 0. The van der Waals surface area contributed by atoms with Gasteiger partial charge >= 0.3 is 0 Å². The molecule has 0 radical (unpaired) electrons. The Morgan fingerprint density at radius 1 is 1.18 bits per heavy atom. The van der Waals surface area contributed by atoms with Gasteiger partial charge in [-0.3, -0.25) is 14.4 Å². The summed E-state index contributed by atoms with van der Waals surface area (Å²) in [5, 5.41) is 5.54. The second-order valence-corrected chi connectivity index (χ2v) is 10.6. The molecule has 2 amide bonds. The zero-order chi connectivity index (χ0) is 24.6. The smallest absolute Gasteiger partial charge is 0.265 e. The molecule has 2 aromatic rings. The number of piperidine rings is 1. The first-order valence-electron chi connectivity index (χ1n) is 11.1. The molecule has 9 nitrogen and oxygen atoms in total. The third-order valence-corrected chi connectivity index (χ3v) is 8.15. The Balaban J connectivity index is 1.51. The third-order valence-electron chi connectivity index (χ3n) is 6.14. The van der Waals surface area contributed by atoms with Gasteiger partial charge in [-0.1, -0.05) is 0 Å². The lowest BCUT2D eigenvalue weighted by Crippen LogP contribution is -2.44. The number of carbonyl (C=O) groups is 3. The molecule has 0 spiro atoms. The molecular weight excluding hydrogens is 458 g/mol. The zero-order valence-corrected chi connectivity index (χ0v) is 20.1. The fourth-order valence-electron chi connectivity index (χ4n) is 4.17. The van der Waals surface area contributed by atoms with Crippen LogP contribution in [0.4, 0.5) is 11.4 Å². The molecule has 2 aromatic carbocycles. The number of Topliss-reactive ketones (excluding diaryl/α,β-unsaturated/α-hetero) is 1. The predicted molar refractivity (Wildman–Crippen MR) is 126 cm³/mol. The SMILES string of the molecule is CC(=O)c1ccc(NC(=O)[C@H]2CCCN(S(=O)(=O)c3cc4c(cc3C)NC(=O)[C@@H](C)O4)C2)cc1. The van der Waals surface area contributed by atoms with Gasteiger partial charge in [0.25, 0.3) is 5.91 Å². The lowest BCUT2D eigenvalue weighted by Gasteiger charge is -2.32. The Labute approximate surface area is 198 Å². The molecule has 34 heavy (non-hydrogen) atoms. The largest absolute Gasteiger partial charge is 0.479 e. The van der Waals surface area contributed by atoms with Crippen molar-refractivity contribution in [2.45, 2.75) is 44.6 Å². The van der Waals surface area contributed by atoms with Crippen molar-refractivity contribution in [2.75, 3.05) is 23.7 Å². The van der Waals surface area contributed by atoms with Gasteiger partial charge in [-0.2, -0.15) is 4.31 Å². The number of aryl methyl sites for hydroxylation is 1. The first kappa shape index (κ1) is 23.9. The average Bonchev–Trinajstić information content (AvgIpc) is 2.80. The van der Waals surface area contributed by atoms with Crippen LogP contribution in [0.15, 0.2) is 41.3 Å². The Hall–Kier alpha value is -3.24. The minimum absolute atomic E-state index is 0.0597. The van der Waals surface area contributed by atoms with Gasteiger partial charge in [-0.05, 0) is 69.5 Å². The molecule has 0 unspecified atom stereocenters. The van der Waals surface area contributed by atoms with E-state index in [1.165, 1.54) is 17.3 Å². The van der Waals surface area contributed by atoms with Crippen LogP contribution in [0, 0.1) is 12.8 Å². The number of anilines is 2. The predicted octanol–water partition coefficient (Wildman–Crippen LogP) is 2.96. The second-order valence-electron chi connectivity index (χ2n) is 8.69. The van der Waals surface area contributed by atoms with Crippen molar-refractivity contribution in [3.63, 3.8) is 0 Å². The van der Waals surface area contributed by atoms with Crippen LogP contribution in [-0.2, 0) is 19.6 Å². The van der Waals surface area contributed by atoms with Crippen molar-refractivity contribution < 1.29 is 27.5 Å². The summed E-state index contributed by atoms with van der Waals surface area (Å²) in [4.78, 5) is 36.2. The molecule has 2 atom stereocenters. The summed E-state index contributed by atoms with van der Waals surface area (Å²) in [6, 6.07) is 9.62. The summed E-state index contributed by atoms with van der Waals surface area (Å²) in [6.07, 6.45) is 0.395. The highest BCUT2D eigenvalue weighted by atomic mass is 32.2. The van der Waals surface area contributed by atoms with Gasteiger partial charge in [0, 0.05) is 30.4 Å². The molecule has 4 rings (SSSR count). The number of hydrogen-bond acceptors (Lipinski definition) is 6. The Morgan fingerprint density at radius 3 is 2.56 bits per heavy atom. The van der Waals surface area contributed by atoms with E-state index in [0.29, 0.717) is 47.6 Å². The van der Waals surface area contributed by atoms with Gasteiger partial charge in [-0.15, -0.1) is 0 Å². The van der Waals surface area contributed by atoms with E-state index >= 15 is 0 Å². The van der Waals surface area contributed by atoms with E-state index in [2.05, 4.69) is 10.6 Å². The van der Waals surface area contributed by atoms with Gasteiger partial charge in [0.05, 0.1) is 16.5 Å². The number of benzene rings is 2. The first-order chi connectivity index (χ1) is 16.1. The molecule has 0 bridgehead atoms. The molecule has 1 saturated heterocycles. The molecule has 0 saturated carbocycles. The number of hydrogen-bond donors (Lipinski definition) is 2. The molecular formula is C24H27N3O6S. The van der Waals surface area contributed by atoms with Crippen LogP contribution >= 0.6 is 0 Å². The number of nitrogens with zero attached hydrogens (tertiary/aromatic N) is 1. The number of rotatable bonds is 5. The summed E-state index contributed by atoms with van der Waals surface area (Å²) in [6.45, 7) is 5.09. The van der Waals surface area contributed by atoms with Crippen molar-refractivity contribution in [1.29, 1.82) is 0 Å². The standard InChI is InChI=1S/C24H27N3O6S/c1-14-11-20-21(33-16(3)23(29)26-20)12-22(14)34(31,32)27-10-4-5-18(13-27)24(30)25-19-8-6-17(7-9-19)15(2)28/h6-9,11-12,16,18H,4-5,10,13H2,1-3H3,(H,25,30)(H,26,29)/t16-,18+/m1/s1. The van der Waals surface area contributed by atoms with Gasteiger partial charge < -0.3 is 15.4 Å². The fourth-order valence-corrected chi connectivity index (χ4v) is 5.91. The van der Waals surface area contributed by atoms with E-state index in [9.17, 15) is 22.8 Å². The molecule has 2 aliphatic heterocycles. The first-order valence-corrected chi connectivity index (χ1v) is 12.5. The maximum Gasteiger partial charge on any atom is 0.265 e. The van der Waals surface area contributed by atoms with Gasteiger partial charge in [-0.25, -0.2) is 8.42 Å². The molecule has 2 N–H and O–H groups in total. The second kappa shape index (κ2) is 9.19. The highest BCUT2D eigenvalue weighted by molar-refractivity contribution is 7.89. The van der Waals surface area contributed by atoms with Gasteiger partial charge in [0.1, 0.15) is 5.75 Å². The van der Waals surface area contributed by atoms with E-state index in [0.717, 1.165) is 0 Å². The zero-order valence-electron chi connectivity index (χ0n) is 19.3. The molecule has 2 aliphatic rings. The molecule has 0 aliphatic carbocycles. The maximum absolute atomic E-state index is 13.5. The number of sulfonamides is 1. The highest BCUT2D eigenvalue weighted by Gasteiger charge is 2.35. The Bertz CT molecular complexity index is 1260. The number of ether oxygens (including phenoxy) is 1. The Kier molecular flexibility index (Phi) is 6.46. The summed E-state index contributed by atoms with van der Waals surface area (Å²) in [5.74, 6) is -0.826. The van der Waals surface area contributed by atoms with Crippen LogP contribution < -0.4 is 15.4 Å². The maximum atomic E-state index is 13.5. The van der Waals surface area contributed by atoms with Gasteiger partial charge in [0.15, 0.2) is 11.9 Å². The minimum Gasteiger partial charge on any atom is -0.479 e. The van der Waals surface area contributed by atoms with Crippen LogP contribution in [0.2, 0.25) is 0 Å². The number of nitrogens with one attached hydrogen (secondary N) is 2. The van der Waals surface area contributed by atoms with Crippen LogP contribution in [0.5, 0.6) is 5.75 Å². The van der Waals surface area contributed by atoms with Crippen LogP contribution in [0.1, 0.15) is 42.6 Å². The molecule has 2 heterocycles. The lowest BCUT2D eigenvalue weighted by molar-refractivity contribution is -0.123. The van der Waals surface area contributed by atoms with E-state index in [1.54, 1.807) is 44.2 Å². The Morgan fingerprint density at radius 2 is 1.88 bits per heavy atom. The lowest BCUT2D eigenvalue weighted by atomic mass is 9.98. The quantitative estimate of drug-likeness (QED) is 0.628. The molecule has 0 aromatic heterocycles. The van der Waals surface area contributed by atoms with Crippen molar-refractivity contribution in [3.8, 4) is 5.75 Å². The van der Waals surface area contributed by atoms with Crippen LogP contribution in [-0.4, -0.2) is 49.5 Å². The summed E-state index contributed by atoms with van der Waals surface area (Å²) in [5.41, 5.74) is 2.01. The molecule has 10 heteroatoms. The van der Waals surface area contributed by atoms with Gasteiger partial charge in [0.2, 0.25) is 15.9 Å².